The van der Waals surface area contributed by atoms with Crippen LogP contribution in [0, 0.1) is 0 Å². The van der Waals surface area contributed by atoms with E-state index in [1.54, 1.807) is 48.5 Å². The van der Waals surface area contributed by atoms with Crippen molar-refractivity contribution in [3.05, 3.63) is 76.0 Å². The van der Waals surface area contributed by atoms with E-state index in [1.165, 1.54) is 0 Å². The molecule has 0 unspecified atom stereocenters. The number of hydrogen-bond donors (Lipinski definition) is 0. The number of benzene rings is 2. The third-order valence-electron chi connectivity index (χ3n) is 4.88. The molecule has 1 aliphatic heterocycles. The number of aldehydes is 1. The Bertz CT molecular complexity index is 920. The third kappa shape index (κ3) is 2.50. The predicted molar refractivity (Wildman–Crippen MR) is 94.6 cm³/mol. The SMILES string of the molecule is O=CC(=Cc1cccc2c1C(=O)c1ccccc1C2=O)N1CCCC1. The van der Waals surface area contributed by atoms with Gasteiger partial charge in [0.2, 0.25) is 0 Å². The van der Waals surface area contributed by atoms with Gasteiger partial charge in [-0.15, -0.1) is 0 Å². The fraction of sp³-hybridized carbons (Fsp3) is 0.190. The largest absolute Gasteiger partial charge is 0.369 e. The quantitative estimate of drug-likeness (QED) is 0.547. The molecule has 4 nitrogen and oxygen atoms in total. The number of allylic oxidation sites excluding steroid dienone is 1. The summed E-state index contributed by atoms with van der Waals surface area (Å²) in [5, 5.41) is 0. The van der Waals surface area contributed by atoms with E-state index in [2.05, 4.69) is 0 Å². The Morgan fingerprint density at radius 1 is 0.840 bits per heavy atom. The summed E-state index contributed by atoms with van der Waals surface area (Å²) < 4.78 is 0. The van der Waals surface area contributed by atoms with E-state index in [1.807, 2.05) is 4.90 Å². The molecule has 2 aromatic carbocycles. The van der Waals surface area contributed by atoms with Crippen LogP contribution in [0.3, 0.4) is 0 Å². The van der Waals surface area contributed by atoms with Crippen LogP contribution in [-0.2, 0) is 4.79 Å². The highest BCUT2D eigenvalue weighted by Crippen LogP contribution is 2.30. The summed E-state index contributed by atoms with van der Waals surface area (Å²) in [6, 6.07) is 12.1. The Morgan fingerprint density at radius 3 is 2.16 bits per heavy atom. The van der Waals surface area contributed by atoms with E-state index in [0.717, 1.165) is 32.2 Å². The van der Waals surface area contributed by atoms with E-state index >= 15 is 0 Å². The van der Waals surface area contributed by atoms with Gasteiger partial charge in [-0.05, 0) is 24.5 Å². The minimum absolute atomic E-state index is 0.144. The van der Waals surface area contributed by atoms with Gasteiger partial charge in [0.25, 0.3) is 0 Å². The van der Waals surface area contributed by atoms with Crippen molar-refractivity contribution >= 4 is 23.9 Å². The van der Waals surface area contributed by atoms with Gasteiger partial charge in [0.15, 0.2) is 17.9 Å². The van der Waals surface area contributed by atoms with Crippen molar-refractivity contribution in [3.63, 3.8) is 0 Å². The Hall–Kier alpha value is -3.01. The first-order valence-corrected chi connectivity index (χ1v) is 8.44. The van der Waals surface area contributed by atoms with Crippen molar-refractivity contribution in [1.82, 2.24) is 4.90 Å². The first kappa shape index (κ1) is 15.5. The lowest BCUT2D eigenvalue weighted by molar-refractivity contribution is -0.106. The molecule has 2 aliphatic rings. The van der Waals surface area contributed by atoms with Gasteiger partial charge >= 0.3 is 0 Å². The maximum absolute atomic E-state index is 13.0. The van der Waals surface area contributed by atoms with E-state index in [-0.39, 0.29) is 11.6 Å². The summed E-state index contributed by atoms with van der Waals surface area (Å²) >= 11 is 0. The van der Waals surface area contributed by atoms with Crippen molar-refractivity contribution in [3.8, 4) is 0 Å². The number of carbonyl (C=O) groups is 3. The molecular formula is C21H17NO3. The normalized spacial score (nSPS) is 16.6. The van der Waals surface area contributed by atoms with Gasteiger partial charge in [-0.1, -0.05) is 42.5 Å². The number of hydrogen-bond acceptors (Lipinski definition) is 4. The number of carbonyl (C=O) groups excluding carboxylic acids is 3. The van der Waals surface area contributed by atoms with Crippen LogP contribution in [0.15, 0.2) is 48.2 Å². The molecule has 124 valence electrons. The molecule has 0 aromatic heterocycles. The summed E-state index contributed by atoms with van der Waals surface area (Å²) in [4.78, 5) is 39.3. The standard InChI is InChI=1S/C21H17NO3/c23-13-15(22-10-3-4-11-22)12-14-6-5-9-18-19(14)21(25)17-8-2-1-7-16(17)20(18)24/h1-2,5-9,12-13H,3-4,10-11H2. The van der Waals surface area contributed by atoms with Crippen LogP contribution in [0.5, 0.6) is 0 Å². The fourth-order valence-corrected chi connectivity index (χ4v) is 3.63. The molecular weight excluding hydrogens is 314 g/mol. The number of ketones is 2. The second-order valence-electron chi connectivity index (χ2n) is 6.35. The number of rotatable bonds is 3. The summed E-state index contributed by atoms with van der Waals surface area (Å²) in [5.41, 5.74) is 2.85. The zero-order valence-electron chi connectivity index (χ0n) is 13.7. The zero-order valence-corrected chi connectivity index (χ0v) is 13.7. The maximum Gasteiger partial charge on any atom is 0.195 e. The van der Waals surface area contributed by atoms with Crippen LogP contribution in [0.4, 0.5) is 0 Å². The molecule has 0 N–H and O–H groups in total. The Morgan fingerprint density at radius 2 is 1.48 bits per heavy atom. The lowest BCUT2D eigenvalue weighted by Gasteiger charge is -2.21. The van der Waals surface area contributed by atoms with E-state index in [9.17, 15) is 14.4 Å². The molecule has 1 fully saturated rings. The minimum atomic E-state index is -0.163. The molecule has 0 atom stereocenters. The topological polar surface area (TPSA) is 54.5 Å². The van der Waals surface area contributed by atoms with Crippen molar-refractivity contribution in [2.45, 2.75) is 12.8 Å². The minimum Gasteiger partial charge on any atom is -0.369 e. The van der Waals surface area contributed by atoms with Crippen LogP contribution < -0.4 is 0 Å². The number of nitrogens with zero attached hydrogens (tertiary/aromatic N) is 1. The molecule has 2 aromatic rings. The van der Waals surface area contributed by atoms with Gasteiger partial charge in [-0.2, -0.15) is 0 Å². The molecule has 25 heavy (non-hydrogen) atoms. The zero-order chi connectivity index (χ0) is 17.4. The smallest absolute Gasteiger partial charge is 0.195 e. The van der Waals surface area contributed by atoms with Gasteiger partial charge in [0.1, 0.15) is 0 Å². The first-order valence-electron chi connectivity index (χ1n) is 8.44. The Labute approximate surface area is 145 Å². The molecule has 0 spiro atoms. The van der Waals surface area contributed by atoms with Crippen LogP contribution in [0.25, 0.3) is 6.08 Å². The summed E-state index contributed by atoms with van der Waals surface area (Å²) in [6.45, 7) is 1.69. The van der Waals surface area contributed by atoms with Crippen molar-refractivity contribution in [1.29, 1.82) is 0 Å². The van der Waals surface area contributed by atoms with E-state index in [4.69, 9.17) is 0 Å². The van der Waals surface area contributed by atoms with Crippen molar-refractivity contribution < 1.29 is 14.4 Å². The fourth-order valence-electron chi connectivity index (χ4n) is 3.63. The molecule has 0 saturated carbocycles. The van der Waals surface area contributed by atoms with Crippen LogP contribution in [-0.4, -0.2) is 35.8 Å². The van der Waals surface area contributed by atoms with Crippen molar-refractivity contribution in [2.24, 2.45) is 0 Å². The summed E-state index contributed by atoms with van der Waals surface area (Å²) in [5.74, 6) is -0.307. The van der Waals surface area contributed by atoms with Crippen molar-refractivity contribution in [2.75, 3.05) is 13.1 Å². The molecule has 1 aliphatic carbocycles. The van der Waals surface area contributed by atoms with Gasteiger partial charge in [-0.3, -0.25) is 14.4 Å². The van der Waals surface area contributed by atoms with Crippen LogP contribution in [0.1, 0.15) is 50.2 Å². The van der Waals surface area contributed by atoms with Gasteiger partial charge in [0, 0.05) is 35.3 Å². The van der Waals surface area contributed by atoms with E-state index in [0.29, 0.717) is 33.5 Å². The highest BCUT2D eigenvalue weighted by atomic mass is 16.1. The molecule has 0 amide bonds. The van der Waals surface area contributed by atoms with Crippen LogP contribution >= 0.6 is 0 Å². The molecule has 0 radical (unpaired) electrons. The summed E-state index contributed by atoms with van der Waals surface area (Å²) in [6.07, 6.45) is 4.68. The molecule has 4 heteroatoms. The van der Waals surface area contributed by atoms with Gasteiger partial charge in [0.05, 0.1) is 5.70 Å². The van der Waals surface area contributed by atoms with Gasteiger partial charge < -0.3 is 4.90 Å². The lowest BCUT2D eigenvalue weighted by atomic mass is 9.82. The molecule has 1 heterocycles. The van der Waals surface area contributed by atoms with Gasteiger partial charge in [-0.25, -0.2) is 0 Å². The maximum atomic E-state index is 13.0. The average Bonchev–Trinajstić information content (AvgIpc) is 3.18. The molecule has 1 saturated heterocycles. The van der Waals surface area contributed by atoms with Crippen LogP contribution in [0.2, 0.25) is 0 Å². The summed E-state index contributed by atoms with van der Waals surface area (Å²) in [7, 11) is 0. The second kappa shape index (κ2) is 6.13. The highest BCUT2D eigenvalue weighted by molar-refractivity contribution is 6.29. The third-order valence-corrected chi connectivity index (χ3v) is 4.88. The number of likely N-dealkylation sites (tertiary alicyclic amines) is 1. The second-order valence-corrected chi connectivity index (χ2v) is 6.35. The van der Waals surface area contributed by atoms with E-state index < -0.39 is 0 Å². The molecule has 4 rings (SSSR count). The lowest BCUT2D eigenvalue weighted by Crippen LogP contribution is -2.23. The predicted octanol–water partition coefficient (Wildman–Crippen LogP) is 3.10. The molecule has 0 bridgehead atoms. The number of fused-ring (bicyclic) bond motifs is 2. The highest BCUT2D eigenvalue weighted by Gasteiger charge is 2.31. The average molecular weight is 331 g/mol. The first-order chi connectivity index (χ1) is 12.2. The Balaban J connectivity index is 1.86. The Kier molecular flexibility index (Phi) is 3.80. The monoisotopic (exact) mass is 331 g/mol.